The maximum atomic E-state index is 11.8. The monoisotopic (exact) mass is 333 g/mol. The lowest BCUT2D eigenvalue weighted by atomic mass is 10.1. The lowest BCUT2D eigenvalue weighted by Gasteiger charge is -2.13. The van der Waals surface area contributed by atoms with E-state index in [2.05, 4.69) is 35.1 Å². The zero-order valence-electron chi connectivity index (χ0n) is 10.4. The van der Waals surface area contributed by atoms with E-state index in [1.165, 1.54) is 12.1 Å². The SMILES string of the molecule is CC(C)CC(Br)CNC(=O)c1ccc(Cl)cc1O. The van der Waals surface area contributed by atoms with Crippen LogP contribution < -0.4 is 5.32 Å². The number of carbonyl (C=O) groups excluding carboxylic acids is 1. The molecule has 100 valence electrons. The van der Waals surface area contributed by atoms with Gasteiger partial charge in [-0.3, -0.25) is 4.79 Å². The Bertz CT molecular complexity index is 423. The van der Waals surface area contributed by atoms with Crippen molar-refractivity contribution < 1.29 is 9.90 Å². The molecule has 1 atom stereocenters. The predicted molar refractivity (Wildman–Crippen MR) is 77.6 cm³/mol. The normalized spacial score (nSPS) is 12.5. The Kier molecular flexibility index (Phi) is 5.96. The van der Waals surface area contributed by atoms with Crippen molar-refractivity contribution in [1.82, 2.24) is 5.32 Å². The second-order valence-corrected chi connectivity index (χ2v) is 6.33. The Morgan fingerprint density at radius 2 is 2.17 bits per heavy atom. The van der Waals surface area contributed by atoms with Gasteiger partial charge in [-0.25, -0.2) is 0 Å². The summed E-state index contributed by atoms with van der Waals surface area (Å²) < 4.78 is 0. The van der Waals surface area contributed by atoms with Crippen molar-refractivity contribution in [3.8, 4) is 5.75 Å². The number of benzene rings is 1. The van der Waals surface area contributed by atoms with Crippen molar-refractivity contribution in [1.29, 1.82) is 0 Å². The highest BCUT2D eigenvalue weighted by Gasteiger charge is 2.13. The average Bonchev–Trinajstić information content (AvgIpc) is 2.25. The largest absolute Gasteiger partial charge is 0.507 e. The number of aromatic hydroxyl groups is 1. The minimum Gasteiger partial charge on any atom is -0.507 e. The molecule has 1 rings (SSSR count). The average molecular weight is 335 g/mol. The number of rotatable bonds is 5. The topological polar surface area (TPSA) is 49.3 Å². The molecule has 18 heavy (non-hydrogen) atoms. The van der Waals surface area contributed by atoms with E-state index in [4.69, 9.17) is 11.6 Å². The van der Waals surface area contributed by atoms with Crippen molar-refractivity contribution in [2.45, 2.75) is 25.1 Å². The summed E-state index contributed by atoms with van der Waals surface area (Å²) in [6.45, 7) is 4.78. The molecule has 0 saturated carbocycles. The fraction of sp³-hybridized carbons (Fsp3) is 0.462. The van der Waals surface area contributed by atoms with Crippen molar-refractivity contribution in [2.75, 3.05) is 6.54 Å². The molecule has 5 heteroatoms. The molecule has 0 spiro atoms. The van der Waals surface area contributed by atoms with Crippen LogP contribution in [0.4, 0.5) is 0 Å². The molecule has 0 aliphatic carbocycles. The van der Waals surface area contributed by atoms with E-state index in [-0.39, 0.29) is 22.0 Å². The van der Waals surface area contributed by atoms with Gasteiger partial charge in [0.25, 0.3) is 5.91 Å². The van der Waals surface area contributed by atoms with Crippen LogP contribution in [0.5, 0.6) is 5.75 Å². The summed E-state index contributed by atoms with van der Waals surface area (Å²) in [5.41, 5.74) is 0.239. The van der Waals surface area contributed by atoms with E-state index in [0.717, 1.165) is 6.42 Å². The van der Waals surface area contributed by atoms with Gasteiger partial charge in [0, 0.05) is 16.4 Å². The number of hydrogen-bond acceptors (Lipinski definition) is 2. The maximum Gasteiger partial charge on any atom is 0.255 e. The third kappa shape index (κ3) is 4.86. The molecular formula is C13H17BrClNO2. The summed E-state index contributed by atoms with van der Waals surface area (Å²) in [6.07, 6.45) is 0.979. The van der Waals surface area contributed by atoms with Crippen molar-refractivity contribution in [3.63, 3.8) is 0 Å². The number of phenols is 1. The van der Waals surface area contributed by atoms with Crippen LogP contribution in [0.1, 0.15) is 30.6 Å². The first-order valence-corrected chi connectivity index (χ1v) is 7.10. The van der Waals surface area contributed by atoms with Crippen LogP contribution in [0.15, 0.2) is 18.2 Å². The first-order chi connectivity index (χ1) is 8.40. The summed E-state index contributed by atoms with van der Waals surface area (Å²) in [7, 11) is 0. The van der Waals surface area contributed by atoms with Crippen LogP contribution in [0.3, 0.4) is 0 Å². The van der Waals surface area contributed by atoms with Crippen molar-refractivity contribution in [2.24, 2.45) is 5.92 Å². The lowest BCUT2D eigenvalue weighted by molar-refractivity contribution is 0.0950. The lowest BCUT2D eigenvalue weighted by Crippen LogP contribution is -2.30. The molecule has 0 saturated heterocycles. The molecule has 1 aromatic rings. The molecule has 0 aliphatic heterocycles. The number of halogens is 2. The summed E-state index contributed by atoms with van der Waals surface area (Å²) in [5.74, 6) is 0.169. The van der Waals surface area contributed by atoms with Crippen LogP contribution in [0.2, 0.25) is 5.02 Å². The molecule has 0 heterocycles. The molecule has 1 aromatic carbocycles. The Labute approximate surface area is 121 Å². The van der Waals surface area contributed by atoms with Crippen LogP contribution in [-0.4, -0.2) is 22.4 Å². The summed E-state index contributed by atoms with van der Waals surface area (Å²) in [6, 6.07) is 4.45. The smallest absolute Gasteiger partial charge is 0.255 e. The van der Waals surface area contributed by atoms with Gasteiger partial charge in [0.15, 0.2) is 0 Å². The zero-order chi connectivity index (χ0) is 13.7. The van der Waals surface area contributed by atoms with Gasteiger partial charge in [-0.2, -0.15) is 0 Å². The van der Waals surface area contributed by atoms with E-state index in [1.54, 1.807) is 6.07 Å². The third-order valence-electron chi connectivity index (χ3n) is 2.42. The first-order valence-electron chi connectivity index (χ1n) is 5.81. The van der Waals surface area contributed by atoms with Gasteiger partial charge in [0.1, 0.15) is 5.75 Å². The fourth-order valence-electron chi connectivity index (χ4n) is 1.59. The fourth-order valence-corrected chi connectivity index (χ4v) is 2.67. The highest BCUT2D eigenvalue weighted by Crippen LogP contribution is 2.21. The molecule has 0 fully saturated rings. The number of amides is 1. The summed E-state index contributed by atoms with van der Waals surface area (Å²) in [5, 5.41) is 12.8. The van der Waals surface area contributed by atoms with E-state index in [1.807, 2.05) is 0 Å². The Hall–Kier alpha value is -0.740. The number of nitrogens with one attached hydrogen (secondary N) is 1. The van der Waals surface area contributed by atoms with Gasteiger partial charge in [-0.1, -0.05) is 41.4 Å². The molecule has 0 bridgehead atoms. The van der Waals surface area contributed by atoms with Crippen LogP contribution >= 0.6 is 27.5 Å². The number of carbonyl (C=O) groups is 1. The van der Waals surface area contributed by atoms with Crippen molar-refractivity contribution in [3.05, 3.63) is 28.8 Å². The van der Waals surface area contributed by atoms with E-state index in [9.17, 15) is 9.90 Å². The standard InChI is InChI=1S/C13H17BrClNO2/c1-8(2)5-9(14)7-16-13(18)11-4-3-10(15)6-12(11)17/h3-4,6,8-9,17H,5,7H2,1-2H3,(H,16,18). The Morgan fingerprint density at radius 3 is 2.72 bits per heavy atom. The van der Waals surface area contributed by atoms with Crippen LogP contribution in [0, 0.1) is 5.92 Å². The van der Waals surface area contributed by atoms with Crippen molar-refractivity contribution >= 4 is 33.4 Å². The van der Waals surface area contributed by atoms with E-state index < -0.39 is 0 Å². The molecule has 0 aliphatic rings. The number of hydrogen-bond donors (Lipinski definition) is 2. The van der Waals surface area contributed by atoms with Gasteiger partial charge in [0.05, 0.1) is 5.56 Å². The maximum absolute atomic E-state index is 11.8. The molecule has 0 aromatic heterocycles. The minimum atomic E-state index is -0.294. The van der Waals surface area contributed by atoms with Gasteiger partial charge in [0.2, 0.25) is 0 Å². The van der Waals surface area contributed by atoms with E-state index >= 15 is 0 Å². The number of phenolic OH excluding ortho intramolecular Hbond substituents is 1. The predicted octanol–water partition coefficient (Wildman–Crippen LogP) is 3.59. The molecule has 0 radical (unpaired) electrons. The highest BCUT2D eigenvalue weighted by molar-refractivity contribution is 9.09. The summed E-state index contributed by atoms with van der Waals surface area (Å²) in [4.78, 5) is 12.1. The van der Waals surface area contributed by atoms with Gasteiger partial charge >= 0.3 is 0 Å². The Balaban J connectivity index is 2.55. The highest BCUT2D eigenvalue weighted by atomic mass is 79.9. The molecular weight excluding hydrogens is 318 g/mol. The molecule has 1 unspecified atom stereocenters. The van der Waals surface area contributed by atoms with Crippen LogP contribution in [0.25, 0.3) is 0 Å². The van der Waals surface area contributed by atoms with E-state index in [0.29, 0.717) is 17.5 Å². The zero-order valence-corrected chi connectivity index (χ0v) is 12.8. The first kappa shape index (κ1) is 15.3. The second-order valence-electron chi connectivity index (χ2n) is 4.60. The molecule has 3 nitrogen and oxygen atoms in total. The van der Waals surface area contributed by atoms with Gasteiger partial charge in [-0.15, -0.1) is 0 Å². The van der Waals surface area contributed by atoms with Crippen LogP contribution in [-0.2, 0) is 0 Å². The quantitative estimate of drug-likeness (QED) is 0.809. The van der Waals surface area contributed by atoms with Gasteiger partial charge in [-0.05, 0) is 30.5 Å². The minimum absolute atomic E-state index is 0.102. The molecule has 1 amide bonds. The third-order valence-corrected chi connectivity index (χ3v) is 3.35. The summed E-state index contributed by atoms with van der Waals surface area (Å²) >= 11 is 9.22. The number of alkyl halides is 1. The Morgan fingerprint density at radius 1 is 1.50 bits per heavy atom. The van der Waals surface area contributed by atoms with Gasteiger partial charge < -0.3 is 10.4 Å². The second kappa shape index (κ2) is 7.00. The molecule has 2 N–H and O–H groups in total.